The molecule has 0 aliphatic heterocycles. The number of aliphatic hydroxyl groups excluding tert-OH is 3. The molecule has 0 rings (SSSR count). The van der Waals surface area contributed by atoms with Crippen LogP contribution in [0.15, 0.2) is 0 Å². The standard InChI is InChI=1S/C17H32NO6/c1-3-4-5-6-7-8-9-10-11-14(21)18-17(24,12-19)16(23)15(22)13(2)20/h13,15-16,20,22-24H,3-11H2,1-2H3,(H,18,21)/t13-,15-,16+,17+/m1/s1. The highest BCUT2D eigenvalue weighted by Gasteiger charge is 2.43. The molecule has 5 N–H and O–H groups in total. The predicted molar refractivity (Wildman–Crippen MR) is 89.7 cm³/mol. The van der Waals surface area contributed by atoms with E-state index in [0.29, 0.717) is 6.42 Å². The van der Waals surface area contributed by atoms with E-state index < -0.39 is 29.9 Å². The lowest BCUT2D eigenvalue weighted by Crippen LogP contribution is -2.63. The third-order valence-corrected chi connectivity index (χ3v) is 3.99. The summed E-state index contributed by atoms with van der Waals surface area (Å²) in [6, 6.07) is 0. The maximum Gasteiger partial charge on any atom is 0.258 e. The molecule has 24 heavy (non-hydrogen) atoms. The Labute approximate surface area is 144 Å². The Kier molecular flexibility index (Phi) is 11.8. The zero-order chi connectivity index (χ0) is 18.6. The number of rotatable bonds is 14. The molecule has 0 unspecified atom stereocenters. The molecule has 0 heterocycles. The van der Waals surface area contributed by atoms with E-state index in [-0.39, 0.29) is 6.42 Å². The molecule has 141 valence electrons. The fraction of sp³-hybridized carbons (Fsp3) is 0.882. The summed E-state index contributed by atoms with van der Waals surface area (Å²) >= 11 is 0. The second-order valence-corrected chi connectivity index (χ2v) is 6.32. The van der Waals surface area contributed by atoms with Crippen LogP contribution in [0.1, 0.15) is 71.6 Å². The van der Waals surface area contributed by atoms with Crippen molar-refractivity contribution in [2.45, 2.75) is 95.7 Å². The number of hydrogen-bond acceptors (Lipinski definition) is 6. The molecule has 0 aromatic carbocycles. The van der Waals surface area contributed by atoms with E-state index in [1.165, 1.54) is 32.6 Å². The van der Waals surface area contributed by atoms with Crippen molar-refractivity contribution in [1.29, 1.82) is 0 Å². The predicted octanol–water partition coefficient (Wildman–Crippen LogP) is 0.534. The first-order chi connectivity index (χ1) is 11.3. The Morgan fingerprint density at radius 2 is 1.54 bits per heavy atom. The molecule has 0 aromatic rings. The van der Waals surface area contributed by atoms with Crippen LogP contribution in [-0.2, 0) is 9.59 Å². The lowest BCUT2D eigenvalue weighted by atomic mass is 9.99. The lowest BCUT2D eigenvalue weighted by molar-refractivity contribution is -0.148. The number of carbonyl (C=O) groups is 1. The maximum absolute atomic E-state index is 11.8. The molecule has 7 nitrogen and oxygen atoms in total. The molecular weight excluding hydrogens is 314 g/mol. The fourth-order valence-corrected chi connectivity index (χ4v) is 2.37. The van der Waals surface area contributed by atoms with Crippen LogP contribution in [0, 0.1) is 0 Å². The molecule has 0 saturated heterocycles. The molecule has 7 heteroatoms. The number of carbonyl (C=O) groups excluding carboxylic acids is 2. The van der Waals surface area contributed by atoms with Crippen LogP contribution in [0.3, 0.4) is 0 Å². The van der Waals surface area contributed by atoms with Crippen LogP contribution in [-0.4, -0.2) is 56.7 Å². The van der Waals surface area contributed by atoms with Crippen molar-refractivity contribution in [3.8, 4) is 0 Å². The average Bonchev–Trinajstić information content (AvgIpc) is 2.55. The van der Waals surface area contributed by atoms with Crippen LogP contribution in [0.25, 0.3) is 0 Å². The van der Waals surface area contributed by atoms with E-state index in [0.717, 1.165) is 25.5 Å². The number of unbranched alkanes of at least 4 members (excludes halogenated alkanes) is 7. The Hall–Kier alpha value is -1.02. The third kappa shape index (κ3) is 8.73. The van der Waals surface area contributed by atoms with Crippen molar-refractivity contribution in [1.82, 2.24) is 5.32 Å². The smallest absolute Gasteiger partial charge is 0.258 e. The molecule has 0 fully saturated rings. The van der Waals surface area contributed by atoms with Gasteiger partial charge in [0.05, 0.1) is 6.10 Å². The van der Waals surface area contributed by atoms with Gasteiger partial charge >= 0.3 is 0 Å². The average molecular weight is 346 g/mol. The fourth-order valence-electron chi connectivity index (χ4n) is 2.37. The number of amides is 1. The van der Waals surface area contributed by atoms with E-state index in [4.69, 9.17) is 0 Å². The quantitative estimate of drug-likeness (QED) is 0.231. The minimum Gasteiger partial charge on any atom is -0.391 e. The van der Waals surface area contributed by atoms with Crippen molar-refractivity contribution in [3.63, 3.8) is 0 Å². The molecule has 1 radical (unpaired) electrons. The van der Waals surface area contributed by atoms with Gasteiger partial charge in [0, 0.05) is 6.42 Å². The van der Waals surface area contributed by atoms with Crippen LogP contribution in [0.5, 0.6) is 0 Å². The summed E-state index contributed by atoms with van der Waals surface area (Å²) in [6.07, 6.45) is 4.42. The Bertz CT molecular complexity index is 363. The van der Waals surface area contributed by atoms with Gasteiger partial charge in [0.25, 0.3) is 6.29 Å². The van der Waals surface area contributed by atoms with Crippen LogP contribution >= 0.6 is 0 Å². The summed E-state index contributed by atoms with van der Waals surface area (Å²) in [7, 11) is 0. The van der Waals surface area contributed by atoms with Crippen LogP contribution < -0.4 is 5.32 Å². The minimum atomic E-state index is -2.74. The van der Waals surface area contributed by atoms with Crippen LogP contribution in [0.2, 0.25) is 0 Å². The summed E-state index contributed by atoms with van der Waals surface area (Å²) in [5, 5.41) is 40.3. The van der Waals surface area contributed by atoms with Gasteiger partial charge in [0.1, 0.15) is 12.2 Å². The zero-order valence-electron chi connectivity index (χ0n) is 14.7. The van der Waals surface area contributed by atoms with Gasteiger partial charge in [-0.2, -0.15) is 0 Å². The number of nitrogens with one attached hydrogen (secondary N) is 1. The van der Waals surface area contributed by atoms with E-state index in [1.807, 2.05) is 5.32 Å². The highest BCUT2D eigenvalue weighted by molar-refractivity contribution is 5.81. The molecule has 0 aromatic heterocycles. The molecular formula is C17H32NO6. The van der Waals surface area contributed by atoms with Crippen molar-refractivity contribution in [2.75, 3.05) is 0 Å². The van der Waals surface area contributed by atoms with E-state index in [9.17, 15) is 30.0 Å². The molecule has 0 saturated carbocycles. The van der Waals surface area contributed by atoms with Crippen LogP contribution in [0.4, 0.5) is 0 Å². The van der Waals surface area contributed by atoms with Gasteiger partial charge in [-0.3, -0.25) is 9.59 Å². The summed E-state index contributed by atoms with van der Waals surface area (Å²) in [6.45, 7) is 3.34. The van der Waals surface area contributed by atoms with Crippen molar-refractivity contribution in [2.24, 2.45) is 0 Å². The largest absolute Gasteiger partial charge is 0.391 e. The Balaban J connectivity index is 4.12. The molecule has 1 amide bonds. The molecule has 0 bridgehead atoms. The second kappa shape index (κ2) is 12.4. The third-order valence-electron chi connectivity index (χ3n) is 3.99. The highest BCUT2D eigenvalue weighted by Crippen LogP contribution is 2.13. The van der Waals surface area contributed by atoms with Crippen molar-refractivity contribution < 1.29 is 30.0 Å². The first kappa shape index (κ1) is 23.0. The van der Waals surface area contributed by atoms with Gasteiger partial charge in [-0.25, -0.2) is 0 Å². The number of hydrogen-bond donors (Lipinski definition) is 5. The van der Waals surface area contributed by atoms with Gasteiger partial charge in [-0.05, 0) is 13.3 Å². The SMILES string of the molecule is CCCCCCCCCCC(=O)N[C@](O)([C]=O)[C@@H](O)[C@H](O)[C@@H](C)O. The summed E-state index contributed by atoms with van der Waals surface area (Å²) in [4.78, 5) is 22.7. The first-order valence-electron chi connectivity index (χ1n) is 8.75. The Morgan fingerprint density at radius 1 is 1.04 bits per heavy atom. The van der Waals surface area contributed by atoms with Crippen molar-refractivity contribution in [3.05, 3.63) is 0 Å². The lowest BCUT2D eigenvalue weighted by Gasteiger charge is -2.31. The first-order valence-corrected chi connectivity index (χ1v) is 8.75. The zero-order valence-corrected chi connectivity index (χ0v) is 14.7. The maximum atomic E-state index is 11.8. The van der Waals surface area contributed by atoms with Gasteiger partial charge in [0.15, 0.2) is 0 Å². The second-order valence-electron chi connectivity index (χ2n) is 6.32. The Morgan fingerprint density at radius 3 is 2.00 bits per heavy atom. The van der Waals surface area contributed by atoms with Crippen molar-refractivity contribution >= 4 is 12.2 Å². The summed E-state index contributed by atoms with van der Waals surface area (Å²) in [5.41, 5.74) is -2.74. The van der Waals surface area contributed by atoms with Gasteiger partial charge in [-0.1, -0.05) is 51.9 Å². The summed E-state index contributed by atoms with van der Waals surface area (Å²) < 4.78 is 0. The molecule has 0 aliphatic rings. The number of aliphatic hydroxyl groups is 4. The highest BCUT2D eigenvalue weighted by atomic mass is 16.4. The van der Waals surface area contributed by atoms with E-state index in [2.05, 4.69) is 6.92 Å². The summed E-state index contributed by atoms with van der Waals surface area (Å²) in [5.74, 6) is -0.622. The molecule has 4 atom stereocenters. The van der Waals surface area contributed by atoms with Gasteiger partial charge in [-0.15, -0.1) is 0 Å². The van der Waals surface area contributed by atoms with E-state index >= 15 is 0 Å². The molecule has 0 aliphatic carbocycles. The van der Waals surface area contributed by atoms with Gasteiger partial charge < -0.3 is 25.7 Å². The van der Waals surface area contributed by atoms with E-state index in [1.54, 1.807) is 0 Å². The molecule has 0 spiro atoms. The normalized spacial score (nSPS) is 17.6. The topological polar surface area (TPSA) is 127 Å². The monoisotopic (exact) mass is 346 g/mol. The van der Waals surface area contributed by atoms with Gasteiger partial charge in [0.2, 0.25) is 11.6 Å². The minimum absolute atomic E-state index is 0.0937.